The third kappa shape index (κ3) is 4.62. The first-order valence-corrected chi connectivity index (χ1v) is 5.59. The summed E-state index contributed by atoms with van der Waals surface area (Å²) in [5.41, 5.74) is -0.295. The number of amides is 1. The summed E-state index contributed by atoms with van der Waals surface area (Å²) in [6.07, 6.45) is 0.932. The number of nitrogens with one attached hydrogen (secondary N) is 2. The van der Waals surface area contributed by atoms with Crippen LogP contribution in [0.5, 0.6) is 0 Å². The number of morpholine rings is 1. The van der Waals surface area contributed by atoms with Crippen molar-refractivity contribution >= 4 is 5.91 Å². The molecule has 0 aromatic carbocycles. The molecule has 0 bridgehead atoms. The first kappa shape index (κ1) is 12.5. The van der Waals surface area contributed by atoms with Crippen LogP contribution in [0.2, 0.25) is 0 Å². The zero-order valence-corrected chi connectivity index (χ0v) is 9.93. The normalized spacial score (nSPS) is 22.5. The molecule has 1 atom stereocenters. The largest absolute Gasteiger partial charge is 0.379 e. The summed E-state index contributed by atoms with van der Waals surface area (Å²) in [7, 11) is 0. The van der Waals surface area contributed by atoms with Crippen LogP contribution in [0.3, 0.4) is 0 Å². The Kier molecular flexibility index (Phi) is 4.54. The summed E-state index contributed by atoms with van der Waals surface area (Å²) in [4.78, 5) is 11.5. The summed E-state index contributed by atoms with van der Waals surface area (Å²) in [6, 6.07) is 0.388. The van der Waals surface area contributed by atoms with E-state index < -0.39 is 0 Å². The van der Waals surface area contributed by atoms with Gasteiger partial charge in [0.1, 0.15) is 0 Å². The van der Waals surface area contributed by atoms with Gasteiger partial charge < -0.3 is 15.4 Å². The molecule has 0 spiro atoms. The lowest BCUT2D eigenvalue weighted by Crippen LogP contribution is -2.44. The highest BCUT2D eigenvalue weighted by Crippen LogP contribution is 2.12. The maximum Gasteiger partial charge on any atom is 0.225 e. The van der Waals surface area contributed by atoms with Gasteiger partial charge in [0.25, 0.3) is 0 Å². The van der Waals surface area contributed by atoms with Crippen molar-refractivity contribution in [2.75, 3.05) is 26.3 Å². The van der Waals surface area contributed by atoms with Gasteiger partial charge in [0.15, 0.2) is 0 Å². The smallest absolute Gasteiger partial charge is 0.225 e. The van der Waals surface area contributed by atoms with Gasteiger partial charge in [0.05, 0.1) is 13.2 Å². The van der Waals surface area contributed by atoms with Crippen molar-refractivity contribution in [3.8, 4) is 0 Å². The molecule has 1 saturated heterocycles. The van der Waals surface area contributed by atoms with Crippen molar-refractivity contribution in [3.05, 3.63) is 0 Å². The maximum absolute atomic E-state index is 11.5. The topological polar surface area (TPSA) is 50.4 Å². The van der Waals surface area contributed by atoms with E-state index in [1.54, 1.807) is 0 Å². The number of carbonyl (C=O) groups is 1. The molecular formula is C11H22N2O2. The lowest BCUT2D eigenvalue weighted by atomic mass is 9.95. The second kappa shape index (κ2) is 5.47. The minimum atomic E-state index is -0.295. The number of carbonyl (C=O) groups excluding carboxylic acids is 1. The highest BCUT2D eigenvalue weighted by molar-refractivity contribution is 5.81. The molecule has 0 aromatic heterocycles. The van der Waals surface area contributed by atoms with Gasteiger partial charge in [-0.25, -0.2) is 0 Å². The number of hydrogen-bond acceptors (Lipinski definition) is 3. The van der Waals surface area contributed by atoms with Crippen LogP contribution in [0.15, 0.2) is 0 Å². The van der Waals surface area contributed by atoms with Crippen LogP contribution in [0.4, 0.5) is 0 Å². The lowest BCUT2D eigenvalue weighted by Gasteiger charge is -2.24. The summed E-state index contributed by atoms with van der Waals surface area (Å²) in [5.74, 6) is 0.110. The molecule has 1 aliphatic rings. The third-order valence-electron chi connectivity index (χ3n) is 2.46. The van der Waals surface area contributed by atoms with Gasteiger partial charge in [-0.3, -0.25) is 4.79 Å². The number of rotatable bonds is 3. The van der Waals surface area contributed by atoms with Crippen LogP contribution in [-0.2, 0) is 9.53 Å². The Hall–Kier alpha value is -0.610. The quantitative estimate of drug-likeness (QED) is 0.720. The molecule has 1 unspecified atom stereocenters. The fourth-order valence-electron chi connectivity index (χ4n) is 1.43. The SMILES string of the molecule is CC(C)(C)C(=O)NCCC1COCCN1. The molecule has 0 radical (unpaired) electrons. The molecule has 0 saturated carbocycles. The van der Waals surface area contributed by atoms with Crippen LogP contribution >= 0.6 is 0 Å². The van der Waals surface area contributed by atoms with Crippen LogP contribution < -0.4 is 10.6 Å². The number of ether oxygens (including phenoxy) is 1. The third-order valence-corrected chi connectivity index (χ3v) is 2.46. The van der Waals surface area contributed by atoms with E-state index in [1.165, 1.54) is 0 Å². The Labute approximate surface area is 91.8 Å². The molecule has 15 heavy (non-hydrogen) atoms. The monoisotopic (exact) mass is 214 g/mol. The molecule has 1 fully saturated rings. The van der Waals surface area contributed by atoms with Gasteiger partial charge in [-0.05, 0) is 6.42 Å². The zero-order valence-electron chi connectivity index (χ0n) is 9.93. The van der Waals surface area contributed by atoms with E-state index in [9.17, 15) is 4.79 Å². The van der Waals surface area contributed by atoms with Crippen molar-refractivity contribution in [2.45, 2.75) is 33.2 Å². The minimum Gasteiger partial charge on any atom is -0.379 e. The maximum atomic E-state index is 11.5. The molecule has 0 aliphatic carbocycles. The average molecular weight is 214 g/mol. The second-order valence-corrected chi connectivity index (χ2v) is 5.02. The second-order valence-electron chi connectivity index (χ2n) is 5.02. The van der Waals surface area contributed by atoms with E-state index in [0.29, 0.717) is 6.04 Å². The highest BCUT2D eigenvalue weighted by Gasteiger charge is 2.21. The Morgan fingerprint density at radius 1 is 1.53 bits per heavy atom. The number of hydrogen-bond donors (Lipinski definition) is 2. The van der Waals surface area contributed by atoms with Crippen molar-refractivity contribution < 1.29 is 9.53 Å². The van der Waals surface area contributed by atoms with Crippen molar-refractivity contribution in [1.29, 1.82) is 0 Å². The average Bonchev–Trinajstić information content (AvgIpc) is 2.18. The fraction of sp³-hybridized carbons (Fsp3) is 0.909. The van der Waals surface area contributed by atoms with Crippen LogP contribution in [0.25, 0.3) is 0 Å². The lowest BCUT2D eigenvalue weighted by molar-refractivity contribution is -0.128. The van der Waals surface area contributed by atoms with Gasteiger partial charge in [-0.15, -0.1) is 0 Å². The predicted octanol–water partition coefficient (Wildman–Crippen LogP) is 0.527. The van der Waals surface area contributed by atoms with Gasteiger partial charge in [0.2, 0.25) is 5.91 Å². The molecule has 1 heterocycles. The molecular weight excluding hydrogens is 192 g/mol. The summed E-state index contributed by atoms with van der Waals surface area (Å²) < 4.78 is 5.33. The zero-order chi connectivity index (χ0) is 11.3. The van der Waals surface area contributed by atoms with Gasteiger partial charge in [-0.1, -0.05) is 20.8 Å². The molecule has 4 heteroatoms. The van der Waals surface area contributed by atoms with Crippen LogP contribution in [0, 0.1) is 5.41 Å². The molecule has 88 valence electrons. The van der Waals surface area contributed by atoms with E-state index in [1.807, 2.05) is 20.8 Å². The predicted molar refractivity (Wildman–Crippen MR) is 59.7 cm³/mol. The first-order chi connectivity index (χ1) is 7.00. The molecule has 1 rings (SSSR count). The molecule has 4 nitrogen and oxygen atoms in total. The summed E-state index contributed by atoms with van der Waals surface area (Å²) in [6.45, 7) is 8.95. The van der Waals surface area contributed by atoms with Gasteiger partial charge in [-0.2, -0.15) is 0 Å². The molecule has 1 aliphatic heterocycles. The van der Waals surface area contributed by atoms with Crippen molar-refractivity contribution in [1.82, 2.24) is 10.6 Å². The van der Waals surface area contributed by atoms with E-state index >= 15 is 0 Å². The van der Waals surface area contributed by atoms with E-state index in [0.717, 1.165) is 32.7 Å². The van der Waals surface area contributed by atoms with E-state index in [2.05, 4.69) is 10.6 Å². The molecule has 0 aromatic rings. The van der Waals surface area contributed by atoms with Gasteiger partial charge >= 0.3 is 0 Å². The Morgan fingerprint density at radius 2 is 2.27 bits per heavy atom. The van der Waals surface area contributed by atoms with Crippen LogP contribution in [0.1, 0.15) is 27.2 Å². The Balaban J connectivity index is 2.12. The van der Waals surface area contributed by atoms with E-state index in [-0.39, 0.29) is 11.3 Å². The van der Waals surface area contributed by atoms with Gasteiger partial charge in [0, 0.05) is 24.5 Å². The Morgan fingerprint density at radius 3 is 2.80 bits per heavy atom. The standard InChI is InChI=1S/C11H22N2O2/c1-11(2,3)10(14)13-5-4-9-8-15-7-6-12-9/h9,12H,4-8H2,1-3H3,(H,13,14). The van der Waals surface area contributed by atoms with Crippen molar-refractivity contribution in [3.63, 3.8) is 0 Å². The summed E-state index contributed by atoms with van der Waals surface area (Å²) >= 11 is 0. The highest BCUT2D eigenvalue weighted by atomic mass is 16.5. The molecule has 2 N–H and O–H groups in total. The summed E-state index contributed by atoms with van der Waals surface area (Å²) in [5, 5.41) is 6.29. The van der Waals surface area contributed by atoms with E-state index in [4.69, 9.17) is 4.74 Å². The minimum absolute atomic E-state index is 0.110. The van der Waals surface area contributed by atoms with Crippen molar-refractivity contribution in [2.24, 2.45) is 5.41 Å². The van der Waals surface area contributed by atoms with Crippen LogP contribution in [-0.4, -0.2) is 38.3 Å². The first-order valence-electron chi connectivity index (χ1n) is 5.59. The Bertz CT molecular complexity index is 205. The fourth-order valence-corrected chi connectivity index (χ4v) is 1.43. The molecule has 1 amide bonds.